The van der Waals surface area contributed by atoms with E-state index >= 15 is 0 Å². The first-order valence-electron chi connectivity index (χ1n) is 8.23. The van der Waals surface area contributed by atoms with Gasteiger partial charge in [-0.15, -0.1) is 0 Å². The van der Waals surface area contributed by atoms with Gasteiger partial charge < -0.3 is 19.7 Å². The van der Waals surface area contributed by atoms with Crippen LogP contribution in [0.5, 0.6) is 11.5 Å². The highest BCUT2D eigenvalue weighted by molar-refractivity contribution is 6.02. The smallest absolute Gasteiger partial charge is 0.244 e. The van der Waals surface area contributed by atoms with E-state index in [-0.39, 0.29) is 18.4 Å². The van der Waals surface area contributed by atoms with Crippen LogP contribution in [-0.4, -0.2) is 32.6 Å². The fraction of sp³-hybridized carbons (Fsp3) is 0.300. The Balaban J connectivity index is 2.18. The summed E-state index contributed by atoms with van der Waals surface area (Å²) >= 11 is 0. The van der Waals surface area contributed by atoms with E-state index in [4.69, 9.17) is 9.47 Å². The molecule has 0 spiro atoms. The van der Waals surface area contributed by atoms with Gasteiger partial charge >= 0.3 is 0 Å². The summed E-state index contributed by atoms with van der Waals surface area (Å²) in [5.41, 5.74) is 3.26. The molecule has 6 heteroatoms. The van der Waals surface area contributed by atoms with Crippen molar-refractivity contribution in [2.75, 3.05) is 31.0 Å². The maximum Gasteiger partial charge on any atom is 0.244 e. The zero-order chi connectivity index (χ0) is 19.3. The van der Waals surface area contributed by atoms with Crippen molar-refractivity contribution >= 4 is 23.2 Å². The number of hydrogen-bond donors (Lipinski definition) is 1. The molecule has 0 aliphatic carbocycles. The van der Waals surface area contributed by atoms with Crippen LogP contribution in [0.1, 0.15) is 18.1 Å². The number of benzene rings is 2. The molecule has 0 aliphatic rings. The van der Waals surface area contributed by atoms with Crippen molar-refractivity contribution < 1.29 is 19.1 Å². The Hall–Kier alpha value is -3.02. The van der Waals surface area contributed by atoms with Gasteiger partial charge in [0.15, 0.2) is 11.5 Å². The molecule has 1 N–H and O–H groups in total. The largest absolute Gasteiger partial charge is 0.493 e. The summed E-state index contributed by atoms with van der Waals surface area (Å²) in [7, 11) is 3.08. The molecule has 26 heavy (non-hydrogen) atoms. The Kier molecular flexibility index (Phi) is 6.22. The minimum absolute atomic E-state index is 0.0754. The van der Waals surface area contributed by atoms with Crippen LogP contribution >= 0.6 is 0 Å². The van der Waals surface area contributed by atoms with Crippen molar-refractivity contribution in [2.45, 2.75) is 20.8 Å². The van der Waals surface area contributed by atoms with Crippen LogP contribution in [-0.2, 0) is 9.59 Å². The standard InChI is InChI=1S/C20H24N2O4/c1-13-6-7-14(2)17(10-13)22(15(3)23)12-20(24)21-16-8-9-18(25-4)19(11-16)26-5/h6-11H,12H2,1-5H3,(H,21,24). The van der Waals surface area contributed by atoms with Crippen LogP contribution < -0.4 is 19.7 Å². The topological polar surface area (TPSA) is 67.9 Å². The molecule has 0 aliphatic heterocycles. The van der Waals surface area contributed by atoms with Crippen molar-refractivity contribution in [3.63, 3.8) is 0 Å². The molecule has 0 saturated carbocycles. The lowest BCUT2D eigenvalue weighted by molar-refractivity contribution is -0.120. The van der Waals surface area contributed by atoms with Gasteiger partial charge in [-0.25, -0.2) is 0 Å². The Bertz CT molecular complexity index is 817. The van der Waals surface area contributed by atoms with Crippen molar-refractivity contribution in [3.05, 3.63) is 47.5 Å². The van der Waals surface area contributed by atoms with Gasteiger partial charge in [-0.3, -0.25) is 9.59 Å². The minimum Gasteiger partial charge on any atom is -0.493 e. The van der Waals surface area contributed by atoms with Gasteiger partial charge in [0.2, 0.25) is 11.8 Å². The number of hydrogen-bond acceptors (Lipinski definition) is 4. The van der Waals surface area contributed by atoms with E-state index in [0.29, 0.717) is 17.2 Å². The molecule has 2 aromatic rings. The van der Waals surface area contributed by atoms with Gasteiger partial charge in [-0.2, -0.15) is 0 Å². The Labute approximate surface area is 153 Å². The third-order valence-corrected chi connectivity index (χ3v) is 4.00. The number of ether oxygens (including phenoxy) is 2. The Morgan fingerprint density at radius 1 is 1.00 bits per heavy atom. The fourth-order valence-corrected chi connectivity index (χ4v) is 2.63. The summed E-state index contributed by atoms with van der Waals surface area (Å²) in [5, 5.41) is 2.79. The summed E-state index contributed by atoms with van der Waals surface area (Å²) < 4.78 is 10.4. The molecule has 0 unspecified atom stereocenters. The normalized spacial score (nSPS) is 10.2. The number of methoxy groups -OCH3 is 2. The van der Waals surface area contributed by atoms with Crippen molar-refractivity contribution in [1.82, 2.24) is 0 Å². The average Bonchev–Trinajstić information content (AvgIpc) is 2.61. The van der Waals surface area contributed by atoms with Crippen molar-refractivity contribution in [2.24, 2.45) is 0 Å². The van der Waals surface area contributed by atoms with Gasteiger partial charge in [0.1, 0.15) is 6.54 Å². The maximum absolute atomic E-state index is 12.5. The van der Waals surface area contributed by atoms with Crippen LogP contribution in [0, 0.1) is 13.8 Å². The van der Waals surface area contributed by atoms with Crippen LogP contribution in [0.3, 0.4) is 0 Å². The number of carbonyl (C=O) groups is 2. The molecule has 0 bridgehead atoms. The highest BCUT2D eigenvalue weighted by atomic mass is 16.5. The quantitative estimate of drug-likeness (QED) is 0.862. The Morgan fingerprint density at radius 3 is 2.31 bits per heavy atom. The number of nitrogens with zero attached hydrogens (tertiary/aromatic N) is 1. The first-order valence-corrected chi connectivity index (χ1v) is 8.23. The van der Waals surface area contributed by atoms with Crippen molar-refractivity contribution in [1.29, 1.82) is 0 Å². The predicted molar refractivity (Wildman–Crippen MR) is 102 cm³/mol. The number of amides is 2. The first-order chi connectivity index (χ1) is 12.3. The highest BCUT2D eigenvalue weighted by Gasteiger charge is 2.18. The molecule has 0 heterocycles. The first kappa shape index (κ1) is 19.3. The maximum atomic E-state index is 12.5. The SMILES string of the molecule is COc1ccc(NC(=O)CN(C(C)=O)c2cc(C)ccc2C)cc1OC. The molecule has 2 rings (SSSR count). The van der Waals surface area contributed by atoms with Crippen LogP contribution in [0.4, 0.5) is 11.4 Å². The van der Waals surface area contributed by atoms with E-state index in [1.54, 1.807) is 25.3 Å². The van der Waals surface area contributed by atoms with Gasteiger partial charge in [0.05, 0.1) is 14.2 Å². The second-order valence-corrected chi connectivity index (χ2v) is 6.01. The van der Waals surface area contributed by atoms with Gasteiger partial charge in [0, 0.05) is 24.4 Å². The van der Waals surface area contributed by atoms with E-state index < -0.39 is 0 Å². The average molecular weight is 356 g/mol. The third-order valence-electron chi connectivity index (χ3n) is 4.00. The second kappa shape index (κ2) is 8.38. The molecular weight excluding hydrogens is 332 g/mol. The van der Waals surface area contributed by atoms with E-state index in [2.05, 4.69) is 5.32 Å². The number of rotatable bonds is 6. The number of aryl methyl sites for hydroxylation is 2. The van der Waals surface area contributed by atoms with Crippen LogP contribution in [0.2, 0.25) is 0 Å². The van der Waals surface area contributed by atoms with Crippen LogP contribution in [0.15, 0.2) is 36.4 Å². The molecule has 0 fully saturated rings. The second-order valence-electron chi connectivity index (χ2n) is 6.01. The molecule has 0 aromatic heterocycles. The lowest BCUT2D eigenvalue weighted by atomic mass is 10.1. The van der Waals surface area contributed by atoms with Gasteiger partial charge in [-0.1, -0.05) is 12.1 Å². The number of carbonyl (C=O) groups excluding carboxylic acids is 2. The van der Waals surface area contributed by atoms with Gasteiger partial charge in [-0.05, 0) is 43.2 Å². The lowest BCUT2D eigenvalue weighted by Crippen LogP contribution is -2.37. The molecule has 2 amide bonds. The van der Waals surface area contributed by atoms with E-state index in [0.717, 1.165) is 16.8 Å². The fourth-order valence-electron chi connectivity index (χ4n) is 2.63. The number of nitrogens with one attached hydrogen (secondary N) is 1. The Morgan fingerprint density at radius 2 is 1.69 bits per heavy atom. The van der Waals surface area contributed by atoms with E-state index in [1.807, 2.05) is 32.0 Å². The monoisotopic (exact) mass is 356 g/mol. The summed E-state index contributed by atoms with van der Waals surface area (Å²) in [6.07, 6.45) is 0. The third kappa shape index (κ3) is 4.53. The summed E-state index contributed by atoms with van der Waals surface area (Å²) in [6, 6.07) is 10.9. The zero-order valence-corrected chi connectivity index (χ0v) is 15.8. The summed E-state index contributed by atoms with van der Waals surface area (Å²) in [6.45, 7) is 5.24. The molecule has 2 aromatic carbocycles. The molecule has 6 nitrogen and oxygen atoms in total. The highest BCUT2D eigenvalue weighted by Crippen LogP contribution is 2.29. The zero-order valence-electron chi connectivity index (χ0n) is 15.8. The number of anilines is 2. The molecule has 138 valence electrons. The molecule has 0 saturated heterocycles. The van der Waals surface area contributed by atoms with E-state index in [9.17, 15) is 9.59 Å². The molecule has 0 atom stereocenters. The minimum atomic E-state index is -0.298. The van der Waals surface area contributed by atoms with Crippen LogP contribution in [0.25, 0.3) is 0 Å². The summed E-state index contributed by atoms with van der Waals surface area (Å²) in [5.74, 6) is 0.601. The molecular formula is C20H24N2O4. The van der Waals surface area contributed by atoms with Crippen molar-refractivity contribution in [3.8, 4) is 11.5 Å². The predicted octanol–water partition coefficient (Wildman–Crippen LogP) is 3.31. The molecule has 0 radical (unpaired) electrons. The van der Waals surface area contributed by atoms with Gasteiger partial charge in [0.25, 0.3) is 0 Å². The summed E-state index contributed by atoms with van der Waals surface area (Å²) in [4.78, 5) is 26.0. The lowest BCUT2D eigenvalue weighted by Gasteiger charge is -2.23. The van der Waals surface area contributed by atoms with E-state index in [1.165, 1.54) is 18.9 Å².